The number of nitrogens with zero attached hydrogens (tertiary/aromatic N) is 1. The molecule has 0 unspecified atom stereocenters. The van der Waals surface area contributed by atoms with Gasteiger partial charge in [0, 0.05) is 12.1 Å². The molecule has 0 saturated heterocycles. The van der Waals surface area contributed by atoms with Gasteiger partial charge < -0.3 is 19.2 Å². The molecule has 0 bridgehead atoms. The summed E-state index contributed by atoms with van der Waals surface area (Å²) in [7, 11) is 0. The molecule has 1 amide bonds. The van der Waals surface area contributed by atoms with Gasteiger partial charge in [0.2, 0.25) is 0 Å². The van der Waals surface area contributed by atoms with E-state index < -0.39 is 10.8 Å². The highest BCUT2D eigenvalue weighted by atomic mass is 16.6. The molecule has 0 fully saturated rings. The van der Waals surface area contributed by atoms with Crippen LogP contribution in [0.25, 0.3) is 0 Å². The molecule has 190 valence electrons. The van der Waals surface area contributed by atoms with Gasteiger partial charge in [0.05, 0.1) is 16.7 Å². The summed E-state index contributed by atoms with van der Waals surface area (Å²) in [5, 5.41) is 14.2. The summed E-state index contributed by atoms with van der Waals surface area (Å²) < 4.78 is 17.4. The number of hydrogen-bond acceptors (Lipinski definition) is 6. The summed E-state index contributed by atoms with van der Waals surface area (Å²) in [6, 6.07) is 17.0. The third-order valence-corrected chi connectivity index (χ3v) is 6.10. The standard InChI is InChI=1S/C29H28N2O6/c1-17-10-20(4)21(5)28(11-17)37-26-14-22(13-23(15-26)31(33)34)30-29(32)27-9-8-25(36-27)16-35-24-7-6-18(2)19(3)12-24/h6-15H,16H2,1-5H3,(H,30,32). The average Bonchev–Trinajstić information content (AvgIpc) is 3.32. The molecular weight excluding hydrogens is 472 g/mol. The lowest BCUT2D eigenvalue weighted by Crippen LogP contribution is -2.11. The van der Waals surface area contributed by atoms with Crippen LogP contribution in [0.4, 0.5) is 11.4 Å². The largest absolute Gasteiger partial charge is 0.486 e. The molecule has 8 heteroatoms. The summed E-state index contributed by atoms with van der Waals surface area (Å²) in [6.07, 6.45) is 0. The lowest BCUT2D eigenvalue weighted by molar-refractivity contribution is -0.384. The molecule has 0 saturated carbocycles. The van der Waals surface area contributed by atoms with Crippen LogP contribution in [0.2, 0.25) is 0 Å². The van der Waals surface area contributed by atoms with Crippen molar-refractivity contribution in [1.82, 2.24) is 0 Å². The molecule has 1 N–H and O–H groups in total. The monoisotopic (exact) mass is 500 g/mol. The second kappa shape index (κ2) is 10.6. The van der Waals surface area contributed by atoms with Crippen LogP contribution in [0.5, 0.6) is 17.2 Å². The van der Waals surface area contributed by atoms with Gasteiger partial charge in [-0.1, -0.05) is 12.1 Å². The van der Waals surface area contributed by atoms with E-state index in [0.29, 0.717) is 17.3 Å². The zero-order chi connectivity index (χ0) is 26.7. The maximum atomic E-state index is 12.8. The fourth-order valence-corrected chi connectivity index (χ4v) is 3.78. The van der Waals surface area contributed by atoms with Gasteiger partial charge in [-0.3, -0.25) is 14.9 Å². The SMILES string of the molecule is Cc1cc(C)c(C)c(Oc2cc(NC(=O)c3ccc(COc4ccc(C)c(C)c4)o3)cc([N+](=O)[O-])c2)c1. The minimum Gasteiger partial charge on any atom is -0.486 e. The second-order valence-electron chi connectivity index (χ2n) is 9.03. The molecular formula is C29H28N2O6. The van der Waals surface area contributed by atoms with Crippen LogP contribution in [0.15, 0.2) is 65.1 Å². The van der Waals surface area contributed by atoms with Crippen LogP contribution in [0, 0.1) is 44.7 Å². The number of rotatable bonds is 8. The lowest BCUT2D eigenvalue weighted by atomic mass is 10.1. The van der Waals surface area contributed by atoms with Gasteiger partial charge in [-0.15, -0.1) is 0 Å². The fourth-order valence-electron chi connectivity index (χ4n) is 3.78. The Labute approximate surface area is 215 Å². The predicted octanol–water partition coefficient (Wildman–Crippen LogP) is 7.35. The van der Waals surface area contributed by atoms with Gasteiger partial charge in [-0.2, -0.15) is 0 Å². The summed E-state index contributed by atoms with van der Waals surface area (Å²) >= 11 is 0. The highest BCUT2D eigenvalue weighted by Crippen LogP contribution is 2.33. The molecule has 0 atom stereocenters. The smallest absolute Gasteiger partial charge is 0.291 e. The Morgan fingerprint density at radius 1 is 0.892 bits per heavy atom. The first-order valence-corrected chi connectivity index (χ1v) is 11.7. The number of benzene rings is 3. The van der Waals surface area contributed by atoms with Crippen LogP contribution >= 0.6 is 0 Å². The van der Waals surface area contributed by atoms with E-state index in [9.17, 15) is 14.9 Å². The van der Waals surface area contributed by atoms with Gasteiger partial charge in [-0.05, 0) is 92.8 Å². The van der Waals surface area contributed by atoms with E-state index in [0.717, 1.165) is 22.3 Å². The zero-order valence-corrected chi connectivity index (χ0v) is 21.4. The Morgan fingerprint density at radius 2 is 1.68 bits per heavy atom. The van der Waals surface area contributed by atoms with Crippen molar-refractivity contribution in [2.75, 3.05) is 5.32 Å². The Hall–Kier alpha value is -4.59. The van der Waals surface area contributed by atoms with Crippen molar-refractivity contribution < 1.29 is 23.6 Å². The van der Waals surface area contributed by atoms with Crippen molar-refractivity contribution in [2.24, 2.45) is 0 Å². The second-order valence-corrected chi connectivity index (χ2v) is 9.03. The first kappa shape index (κ1) is 25.5. The number of nitrogens with one attached hydrogen (secondary N) is 1. The molecule has 4 rings (SSSR count). The Morgan fingerprint density at radius 3 is 2.41 bits per heavy atom. The van der Waals surface area contributed by atoms with E-state index in [-0.39, 0.29) is 29.5 Å². The lowest BCUT2D eigenvalue weighted by Gasteiger charge is -2.13. The summed E-state index contributed by atoms with van der Waals surface area (Å²) in [6.45, 7) is 10.0. The quantitative estimate of drug-likeness (QED) is 0.200. The molecule has 1 heterocycles. The number of carbonyl (C=O) groups is 1. The van der Waals surface area contributed by atoms with Crippen molar-refractivity contribution >= 4 is 17.3 Å². The van der Waals surface area contributed by atoms with Crippen LogP contribution in [0.3, 0.4) is 0 Å². The number of carbonyl (C=O) groups excluding carboxylic acids is 1. The molecule has 0 aliphatic carbocycles. The molecule has 0 radical (unpaired) electrons. The summed E-state index contributed by atoms with van der Waals surface area (Å²) in [5.74, 6) is 1.50. The molecule has 1 aromatic heterocycles. The van der Waals surface area contributed by atoms with Crippen molar-refractivity contribution in [3.63, 3.8) is 0 Å². The Kier molecular flexibility index (Phi) is 7.29. The van der Waals surface area contributed by atoms with Crippen molar-refractivity contribution in [1.29, 1.82) is 0 Å². The maximum Gasteiger partial charge on any atom is 0.291 e. The Bertz CT molecular complexity index is 1490. The van der Waals surface area contributed by atoms with Gasteiger partial charge in [0.25, 0.3) is 11.6 Å². The van der Waals surface area contributed by atoms with Gasteiger partial charge in [0.15, 0.2) is 5.76 Å². The van der Waals surface area contributed by atoms with Crippen LogP contribution in [0.1, 0.15) is 44.1 Å². The van der Waals surface area contributed by atoms with E-state index in [1.165, 1.54) is 29.8 Å². The van der Waals surface area contributed by atoms with Crippen LogP contribution in [-0.4, -0.2) is 10.8 Å². The molecule has 0 spiro atoms. The molecule has 8 nitrogen and oxygen atoms in total. The first-order chi connectivity index (χ1) is 17.6. The van der Waals surface area contributed by atoms with Gasteiger partial charge in [0.1, 0.15) is 29.6 Å². The number of aryl methyl sites for hydroxylation is 4. The van der Waals surface area contributed by atoms with Crippen molar-refractivity contribution in [3.05, 3.63) is 110 Å². The Balaban J connectivity index is 1.49. The minimum absolute atomic E-state index is 0.0535. The number of non-ortho nitro benzene ring substituents is 1. The van der Waals surface area contributed by atoms with Gasteiger partial charge >= 0.3 is 0 Å². The third kappa shape index (κ3) is 6.16. The zero-order valence-electron chi connectivity index (χ0n) is 21.4. The van der Waals surface area contributed by atoms with E-state index in [1.807, 2.05) is 65.0 Å². The highest BCUT2D eigenvalue weighted by molar-refractivity contribution is 6.02. The topological polar surface area (TPSA) is 104 Å². The maximum absolute atomic E-state index is 12.8. The summed E-state index contributed by atoms with van der Waals surface area (Å²) in [5.41, 5.74) is 5.26. The minimum atomic E-state index is -0.550. The normalized spacial score (nSPS) is 10.7. The third-order valence-electron chi connectivity index (χ3n) is 6.10. The molecule has 0 aliphatic heterocycles. The number of hydrogen-bond donors (Lipinski definition) is 1. The van der Waals surface area contributed by atoms with Gasteiger partial charge in [-0.25, -0.2) is 0 Å². The van der Waals surface area contributed by atoms with E-state index in [2.05, 4.69) is 5.32 Å². The summed E-state index contributed by atoms with van der Waals surface area (Å²) in [4.78, 5) is 23.8. The van der Waals surface area contributed by atoms with Crippen LogP contribution in [-0.2, 0) is 6.61 Å². The molecule has 4 aromatic rings. The van der Waals surface area contributed by atoms with E-state index in [1.54, 1.807) is 6.07 Å². The number of ether oxygens (including phenoxy) is 2. The number of amides is 1. The average molecular weight is 501 g/mol. The number of anilines is 1. The van der Waals surface area contributed by atoms with E-state index >= 15 is 0 Å². The molecule has 37 heavy (non-hydrogen) atoms. The first-order valence-electron chi connectivity index (χ1n) is 11.7. The van der Waals surface area contributed by atoms with E-state index in [4.69, 9.17) is 13.9 Å². The number of nitro groups is 1. The van der Waals surface area contributed by atoms with Crippen molar-refractivity contribution in [3.8, 4) is 17.2 Å². The molecule has 3 aromatic carbocycles. The number of nitro benzene ring substituents is 1. The highest BCUT2D eigenvalue weighted by Gasteiger charge is 2.17. The van der Waals surface area contributed by atoms with Crippen LogP contribution < -0.4 is 14.8 Å². The molecule has 0 aliphatic rings. The predicted molar refractivity (Wildman–Crippen MR) is 141 cm³/mol. The fraction of sp³-hybridized carbons (Fsp3) is 0.207. The van der Waals surface area contributed by atoms with Crippen molar-refractivity contribution in [2.45, 2.75) is 41.2 Å². The number of furan rings is 1.